The summed E-state index contributed by atoms with van der Waals surface area (Å²) in [5, 5.41) is 9.49. The first-order chi connectivity index (χ1) is 7.97. The molecule has 10 N–H and O–H groups in total. The highest BCUT2D eigenvalue weighted by atomic mass is 16.3. The van der Waals surface area contributed by atoms with Crippen molar-refractivity contribution in [1.29, 1.82) is 0 Å². The summed E-state index contributed by atoms with van der Waals surface area (Å²) in [6.45, 7) is 0. The summed E-state index contributed by atoms with van der Waals surface area (Å²) in [6, 6.07) is 0. The number of rotatable bonds is 6. The molecule has 0 saturated heterocycles. The summed E-state index contributed by atoms with van der Waals surface area (Å²) in [5.74, 6) is 11.1. The predicted molar refractivity (Wildman–Crippen MR) is 55.7 cm³/mol. The van der Waals surface area contributed by atoms with Crippen molar-refractivity contribution in [2.45, 2.75) is 18.9 Å². The molecule has 0 aliphatic rings. The van der Waals surface area contributed by atoms with Gasteiger partial charge in [-0.05, 0) is 6.42 Å². The monoisotopic (exact) mass is 248 g/mol. The summed E-state index contributed by atoms with van der Waals surface area (Å²) in [5.41, 5.74) is 5.33. The standard InChI is InChI=1S/C7H16N6O4/c8-11-4(14)2-1-3(6(16)12-9)5(15)7(17)13-10/h3,5,15H,1-2,8-10H2,(H,11,14)(H,12,16)(H,13,17). The van der Waals surface area contributed by atoms with E-state index < -0.39 is 29.7 Å². The third kappa shape index (κ3) is 4.74. The Bertz CT molecular complexity index is 296. The Balaban J connectivity index is 4.59. The predicted octanol–water partition coefficient (Wildman–Crippen LogP) is -4.29. The largest absolute Gasteiger partial charge is 0.382 e. The van der Waals surface area contributed by atoms with Gasteiger partial charge in [0.25, 0.3) is 5.91 Å². The number of aliphatic hydroxyl groups excluding tert-OH is 1. The molecule has 0 heterocycles. The van der Waals surface area contributed by atoms with E-state index in [4.69, 9.17) is 17.5 Å². The van der Waals surface area contributed by atoms with E-state index in [-0.39, 0.29) is 12.8 Å². The van der Waals surface area contributed by atoms with E-state index in [0.717, 1.165) is 0 Å². The average molecular weight is 248 g/mol. The zero-order valence-corrected chi connectivity index (χ0v) is 8.97. The zero-order valence-electron chi connectivity index (χ0n) is 8.97. The van der Waals surface area contributed by atoms with Gasteiger partial charge in [-0.3, -0.25) is 30.7 Å². The topological polar surface area (TPSA) is 186 Å². The molecule has 98 valence electrons. The minimum atomic E-state index is -1.70. The Kier molecular flexibility index (Phi) is 6.74. The summed E-state index contributed by atoms with van der Waals surface area (Å²) >= 11 is 0. The Morgan fingerprint density at radius 3 is 1.94 bits per heavy atom. The van der Waals surface area contributed by atoms with E-state index in [9.17, 15) is 19.5 Å². The number of nitrogens with two attached hydrogens (primary N) is 3. The molecule has 0 aliphatic carbocycles. The van der Waals surface area contributed by atoms with Gasteiger partial charge >= 0.3 is 0 Å². The van der Waals surface area contributed by atoms with Gasteiger partial charge in [-0.25, -0.2) is 17.5 Å². The summed E-state index contributed by atoms with van der Waals surface area (Å²) in [4.78, 5) is 33.2. The number of hydrazine groups is 3. The number of nitrogens with one attached hydrogen (secondary N) is 3. The molecule has 10 nitrogen and oxygen atoms in total. The van der Waals surface area contributed by atoms with Crippen LogP contribution in [0.25, 0.3) is 0 Å². The van der Waals surface area contributed by atoms with Crippen LogP contribution in [0.5, 0.6) is 0 Å². The summed E-state index contributed by atoms with van der Waals surface area (Å²) in [7, 11) is 0. The van der Waals surface area contributed by atoms with Crippen molar-refractivity contribution in [3.05, 3.63) is 0 Å². The molecule has 0 aliphatic heterocycles. The highest BCUT2D eigenvalue weighted by molar-refractivity contribution is 5.89. The van der Waals surface area contributed by atoms with Crippen molar-refractivity contribution in [1.82, 2.24) is 16.3 Å². The van der Waals surface area contributed by atoms with Crippen molar-refractivity contribution in [2.75, 3.05) is 0 Å². The Morgan fingerprint density at radius 2 is 1.53 bits per heavy atom. The molecule has 2 unspecified atom stereocenters. The van der Waals surface area contributed by atoms with E-state index in [0.29, 0.717) is 0 Å². The van der Waals surface area contributed by atoms with E-state index >= 15 is 0 Å². The Hall–Kier alpha value is -1.75. The van der Waals surface area contributed by atoms with Crippen LogP contribution in [-0.2, 0) is 14.4 Å². The van der Waals surface area contributed by atoms with Crippen molar-refractivity contribution in [3.8, 4) is 0 Å². The second-order valence-electron chi connectivity index (χ2n) is 3.17. The third-order valence-corrected chi connectivity index (χ3v) is 2.11. The first kappa shape index (κ1) is 15.2. The summed E-state index contributed by atoms with van der Waals surface area (Å²) in [6.07, 6.45) is -1.96. The molecule has 0 fully saturated rings. The minimum absolute atomic E-state index is 0.110. The molecule has 0 radical (unpaired) electrons. The van der Waals surface area contributed by atoms with Crippen LogP contribution in [0.1, 0.15) is 12.8 Å². The lowest BCUT2D eigenvalue weighted by atomic mass is 9.95. The Morgan fingerprint density at radius 1 is 1.00 bits per heavy atom. The van der Waals surface area contributed by atoms with E-state index in [1.807, 2.05) is 5.43 Å². The van der Waals surface area contributed by atoms with Gasteiger partial charge in [0.2, 0.25) is 11.8 Å². The van der Waals surface area contributed by atoms with Gasteiger partial charge < -0.3 is 5.11 Å². The van der Waals surface area contributed by atoms with Gasteiger partial charge in [0.15, 0.2) is 0 Å². The van der Waals surface area contributed by atoms with Crippen molar-refractivity contribution >= 4 is 17.7 Å². The first-order valence-electron chi connectivity index (χ1n) is 4.66. The third-order valence-electron chi connectivity index (χ3n) is 2.11. The van der Waals surface area contributed by atoms with E-state index in [1.54, 1.807) is 10.9 Å². The molecule has 0 spiro atoms. The summed E-state index contributed by atoms with van der Waals surface area (Å²) < 4.78 is 0. The number of carbonyl (C=O) groups excluding carboxylic acids is 3. The number of aliphatic hydroxyl groups is 1. The fourth-order valence-corrected chi connectivity index (χ4v) is 1.17. The molecule has 10 heteroatoms. The van der Waals surface area contributed by atoms with Crippen LogP contribution in [0.2, 0.25) is 0 Å². The molecular weight excluding hydrogens is 232 g/mol. The van der Waals surface area contributed by atoms with Crippen LogP contribution in [-0.4, -0.2) is 28.9 Å². The number of amides is 3. The minimum Gasteiger partial charge on any atom is -0.382 e. The van der Waals surface area contributed by atoms with Gasteiger partial charge in [0.1, 0.15) is 6.10 Å². The number of hydrogen-bond donors (Lipinski definition) is 7. The molecule has 0 rings (SSSR count). The lowest BCUT2D eigenvalue weighted by molar-refractivity contribution is -0.140. The van der Waals surface area contributed by atoms with Crippen LogP contribution >= 0.6 is 0 Å². The Labute approximate surface area is 96.8 Å². The smallest absolute Gasteiger partial charge is 0.263 e. The van der Waals surface area contributed by atoms with Gasteiger partial charge in [-0.1, -0.05) is 0 Å². The second kappa shape index (κ2) is 7.51. The quantitative estimate of drug-likeness (QED) is 0.141. The van der Waals surface area contributed by atoms with Gasteiger partial charge in [0, 0.05) is 6.42 Å². The van der Waals surface area contributed by atoms with Gasteiger partial charge in [-0.2, -0.15) is 0 Å². The maximum Gasteiger partial charge on any atom is 0.263 e. The van der Waals surface area contributed by atoms with Crippen molar-refractivity contribution in [2.24, 2.45) is 23.4 Å². The van der Waals surface area contributed by atoms with Crippen LogP contribution in [0, 0.1) is 5.92 Å². The normalized spacial score (nSPS) is 13.4. The van der Waals surface area contributed by atoms with Crippen LogP contribution in [0.3, 0.4) is 0 Å². The maximum atomic E-state index is 11.3. The maximum absolute atomic E-state index is 11.3. The van der Waals surface area contributed by atoms with Crippen molar-refractivity contribution in [3.63, 3.8) is 0 Å². The second-order valence-corrected chi connectivity index (χ2v) is 3.17. The molecule has 2 atom stereocenters. The lowest BCUT2D eigenvalue weighted by Gasteiger charge is -2.19. The molecule has 0 aromatic rings. The molecule has 0 saturated carbocycles. The van der Waals surface area contributed by atoms with Gasteiger partial charge in [-0.15, -0.1) is 0 Å². The van der Waals surface area contributed by atoms with Crippen LogP contribution in [0.15, 0.2) is 0 Å². The SMILES string of the molecule is NNC(=O)CCC(C(=O)NN)C(O)C(=O)NN. The molecule has 17 heavy (non-hydrogen) atoms. The molecule has 0 aromatic carbocycles. The molecular formula is C7H16N6O4. The van der Waals surface area contributed by atoms with Crippen LogP contribution in [0.4, 0.5) is 0 Å². The van der Waals surface area contributed by atoms with Crippen LogP contribution < -0.4 is 33.8 Å². The molecule has 0 aromatic heterocycles. The zero-order chi connectivity index (χ0) is 13.4. The number of carbonyl (C=O) groups is 3. The van der Waals surface area contributed by atoms with Gasteiger partial charge in [0.05, 0.1) is 5.92 Å². The first-order valence-corrected chi connectivity index (χ1v) is 4.66. The highest BCUT2D eigenvalue weighted by Gasteiger charge is 2.31. The average Bonchev–Trinajstić information content (AvgIpc) is 2.36. The fraction of sp³-hybridized carbons (Fsp3) is 0.571. The molecule has 0 bridgehead atoms. The van der Waals surface area contributed by atoms with E-state index in [1.165, 1.54) is 0 Å². The van der Waals surface area contributed by atoms with Crippen molar-refractivity contribution < 1.29 is 19.5 Å². The fourth-order valence-electron chi connectivity index (χ4n) is 1.17. The highest BCUT2D eigenvalue weighted by Crippen LogP contribution is 2.12. The lowest BCUT2D eigenvalue weighted by Crippen LogP contribution is -2.49. The van der Waals surface area contributed by atoms with E-state index in [2.05, 4.69) is 0 Å². The number of hydrogen-bond acceptors (Lipinski definition) is 7. The molecule has 3 amide bonds.